The summed E-state index contributed by atoms with van der Waals surface area (Å²) in [5.74, 6) is 0. The van der Waals surface area contributed by atoms with Gasteiger partial charge < -0.3 is 9.47 Å². The number of benzene rings is 2. The fraction of sp³-hybridized carbons (Fsp3) is 0.400. The van der Waals surface area contributed by atoms with Crippen molar-refractivity contribution < 1.29 is 14.3 Å². The zero-order valence-electron chi connectivity index (χ0n) is 17.6. The van der Waals surface area contributed by atoms with Crippen molar-refractivity contribution in [2.75, 3.05) is 20.2 Å². The molecule has 0 radical (unpaired) electrons. The molecule has 2 aromatic carbocycles. The van der Waals surface area contributed by atoms with Gasteiger partial charge in [-0.05, 0) is 37.2 Å². The van der Waals surface area contributed by atoms with Crippen LogP contribution in [0.4, 0.5) is 0 Å². The third-order valence-corrected chi connectivity index (χ3v) is 4.87. The molecule has 0 N–H and O–H groups in total. The molecule has 0 spiro atoms. The van der Waals surface area contributed by atoms with E-state index in [-0.39, 0.29) is 12.1 Å². The van der Waals surface area contributed by atoms with Crippen molar-refractivity contribution in [3.8, 4) is 0 Å². The molecule has 0 saturated carbocycles. The molecule has 0 heterocycles. The van der Waals surface area contributed by atoms with Gasteiger partial charge >= 0.3 is 0 Å². The summed E-state index contributed by atoms with van der Waals surface area (Å²) in [5, 5.41) is 0. The van der Waals surface area contributed by atoms with E-state index in [0.29, 0.717) is 19.8 Å². The van der Waals surface area contributed by atoms with Crippen LogP contribution in [0.3, 0.4) is 0 Å². The lowest BCUT2D eigenvalue weighted by atomic mass is 10.1. The Labute approximate surface area is 175 Å². The standard InChI is InChI=1S/C25H33NO3/c1-3-4-17-26(2)24(21-28-19-22-12-7-5-8-13-22)25(16-11-18-27)29-20-23-14-9-6-10-15-23/h5-16,18,24-25H,3-4,17,19-21H2,1-2H3/b16-11-. The number of allylic oxidation sites excluding steroid dienone is 1. The van der Waals surface area contributed by atoms with Gasteiger partial charge in [-0.3, -0.25) is 9.69 Å². The Morgan fingerprint density at radius 3 is 2.17 bits per heavy atom. The summed E-state index contributed by atoms with van der Waals surface area (Å²) >= 11 is 0. The van der Waals surface area contributed by atoms with E-state index < -0.39 is 0 Å². The molecule has 0 aliphatic carbocycles. The van der Waals surface area contributed by atoms with Gasteiger partial charge in [-0.25, -0.2) is 0 Å². The number of rotatable bonds is 14. The van der Waals surface area contributed by atoms with Gasteiger partial charge in [0.1, 0.15) is 6.29 Å². The Kier molecular flexibility index (Phi) is 11.0. The highest BCUT2D eigenvalue weighted by Crippen LogP contribution is 2.15. The molecular weight excluding hydrogens is 362 g/mol. The smallest absolute Gasteiger partial charge is 0.142 e. The summed E-state index contributed by atoms with van der Waals surface area (Å²) in [7, 11) is 2.10. The average Bonchev–Trinajstić information content (AvgIpc) is 2.77. The topological polar surface area (TPSA) is 38.8 Å². The van der Waals surface area contributed by atoms with Crippen molar-refractivity contribution >= 4 is 6.29 Å². The second-order valence-electron chi connectivity index (χ2n) is 7.18. The third-order valence-electron chi connectivity index (χ3n) is 4.87. The molecule has 2 aromatic rings. The lowest BCUT2D eigenvalue weighted by Gasteiger charge is -2.33. The molecular formula is C25H33NO3. The maximum absolute atomic E-state index is 11.0. The average molecular weight is 396 g/mol. The normalized spacial score (nSPS) is 13.6. The minimum Gasteiger partial charge on any atom is -0.375 e. The molecule has 4 nitrogen and oxygen atoms in total. The maximum atomic E-state index is 11.0. The van der Waals surface area contributed by atoms with Gasteiger partial charge in [0.2, 0.25) is 0 Å². The van der Waals surface area contributed by atoms with Gasteiger partial charge in [-0.1, -0.05) is 80.1 Å². The summed E-state index contributed by atoms with van der Waals surface area (Å²) in [6, 6.07) is 20.3. The minimum absolute atomic E-state index is 0.0187. The molecule has 0 bridgehead atoms. The molecule has 4 heteroatoms. The van der Waals surface area contributed by atoms with Crippen LogP contribution in [0.15, 0.2) is 72.8 Å². The number of aldehydes is 1. The molecule has 2 rings (SSSR count). The Balaban J connectivity index is 2.06. The molecule has 0 saturated heterocycles. The van der Waals surface area contributed by atoms with Crippen molar-refractivity contribution in [1.29, 1.82) is 0 Å². The van der Waals surface area contributed by atoms with Gasteiger partial charge in [0.15, 0.2) is 0 Å². The summed E-state index contributed by atoms with van der Waals surface area (Å²) < 4.78 is 12.3. The highest BCUT2D eigenvalue weighted by atomic mass is 16.5. The predicted octanol–water partition coefficient (Wildman–Crippen LogP) is 4.64. The number of hydrogen-bond donors (Lipinski definition) is 0. The first-order valence-corrected chi connectivity index (χ1v) is 10.3. The van der Waals surface area contributed by atoms with Crippen molar-refractivity contribution in [3.05, 3.63) is 83.9 Å². The first-order chi connectivity index (χ1) is 14.2. The van der Waals surface area contributed by atoms with E-state index in [2.05, 4.69) is 31.0 Å². The first-order valence-electron chi connectivity index (χ1n) is 10.3. The van der Waals surface area contributed by atoms with Gasteiger partial charge in [0.05, 0.1) is 32.0 Å². The highest BCUT2D eigenvalue weighted by molar-refractivity contribution is 5.64. The molecule has 0 aliphatic rings. The number of likely N-dealkylation sites (N-methyl/N-ethyl adjacent to an activating group) is 1. The van der Waals surface area contributed by atoms with E-state index in [4.69, 9.17) is 9.47 Å². The fourth-order valence-corrected chi connectivity index (χ4v) is 3.13. The van der Waals surface area contributed by atoms with Crippen molar-refractivity contribution in [3.63, 3.8) is 0 Å². The second-order valence-corrected chi connectivity index (χ2v) is 7.18. The van der Waals surface area contributed by atoms with Crippen molar-refractivity contribution in [2.45, 2.75) is 45.1 Å². The fourth-order valence-electron chi connectivity index (χ4n) is 3.13. The van der Waals surface area contributed by atoms with Gasteiger partial charge in [0.25, 0.3) is 0 Å². The van der Waals surface area contributed by atoms with E-state index in [1.165, 1.54) is 6.08 Å². The number of hydrogen-bond acceptors (Lipinski definition) is 4. The monoisotopic (exact) mass is 395 g/mol. The van der Waals surface area contributed by atoms with Gasteiger partial charge in [0, 0.05) is 0 Å². The lowest BCUT2D eigenvalue weighted by molar-refractivity contribution is -0.104. The maximum Gasteiger partial charge on any atom is 0.142 e. The van der Waals surface area contributed by atoms with E-state index in [9.17, 15) is 4.79 Å². The number of unbranched alkanes of at least 4 members (excludes halogenated alkanes) is 1. The van der Waals surface area contributed by atoms with E-state index >= 15 is 0 Å². The number of carbonyl (C=O) groups excluding carboxylic acids is 1. The summed E-state index contributed by atoms with van der Waals surface area (Å²) in [6.07, 6.45) is 6.16. The lowest BCUT2D eigenvalue weighted by Crippen LogP contribution is -2.45. The Morgan fingerprint density at radius 1 is 0.966 bits per heavy atom. The number of ether oxygens (including phenoxy) is 2. The van der Waals surface area contributed by atoms with Crippen LogP contribution >= 0.6 is 0 Å². The molecule has 156 valence electrons. The number of carbonyl (C=O) groups is 1. The molecule has 0 amide bonds. The Hall–Kier alpha value is -2.27. The Morgan fingerprint density at radius 2 is 1.59 bits per heavy atom. The van der Waals surface area contributed by atoms with Crippen LogP contribution in [-0.4, -0.2) is 43.5 Å². The van der Waals surface area contributed by atoms with Crippen LogP contribution in [0, 0.1) is 0 Å². The SMILES string of the molecule is CCCCN(C)C(COCc1ccccc1)C(/C=C\C=O)OCc1ccccc1. The quantitative estimate of drug-likeness (QED) is 0.345. The largest absolute Gasteiger partial charge is 0.375 e. The predicted molar refractivity (Wildman–Crippen MR) is 118 cm³/mol. The molecule has 0 aromatic heterocycles. The molecule has 29 heavy (non-hydrogen) atoms. The van der Waals surface area contributed by atoms with Gasteiger partial charge in [-0.2, -0.15) is 0 Å². The van der Waals surface area contributed by atoms with Crippen LogP contribution in [0.2, 0.25) is 0 Å². The van der Waals surface area contributed by atoms with Crippen LogP contribution in [0.1, 0.15) is 30.9 Å². The third kappa shape index (κ3) is 8.73. The Bertz CT molecular complexity index is 703. The number of nitrogens with zero attached hydrogens (tertiary/aromatic N) is 1. The van der Waals surface area contributed by atoms with Crippen LogP contribution in [0.5, 0.6) is 0 Å². The van der Waals surface area contributed by atoms with Crippen LogP contribution < -0.4 is 0 Å². The first kappa shape index (κ1) is 23.0. The zero-order valence-corrected chi connectivity index (χ0v) is 17.6. The molecule has 0 fully saturated rings. The molecule has 0 aliphatic heterocycles. The van der Waals surface area contributed by atoms with E-state index in [0.717, 1.165) is 36.8 Å². The second kappa shape index (κ2) is 13.8. The van der Waals surface area contributed by atoms with Crippen LogP contribution in [-0.2, 0) is 27.5 Å². The minimum atomic E-state index is -0.238. The van der Waals surface area contributed by atoms with Crippen molar-refractivity contribution in [2.24, 2.45) is 0 Å². The van der Waals surface area contributed by atoms with Crippen molar-refractivity contribution in [1.82, 2.24) is 4.90 Å². The summed E-state index contributed by atoms with van der Waals surface area (Å²) in [6.45, 7) is 4.71. The summed E-state index contributed by atoms with van der Waals surface area (Å²) in [4.78, 5) is 13.2. The van der Waals surface area contributed by atoms with Crippen LogP contribution in [0.25, 0.3) is 0 Å². The molecule has 2 unspecified atom stereocenters. The molecule has 2 atom stereocenters. The highest BCUT2D eigenvalue weighted by Gasteiger charge is 2.24. The summed E-state index contributed by atoms with van der Waals surface area (Å²) in [5.41, 5.74) is 2.25. The van der Waals surface area contributed by atoms with E-state index in [1.54, 1.807) is 0 Å². The van der Waals surface area contributed by atoms with E-state index in [1.807, 2.05) is 54.6 Å². The zero-order chi connectivity index (χ0) is 20.7. The van der Waals surface area contributed by atoms with Gasteiger partial charge in [-0.15, -0.1) is 0 Å².